The molecule has 122 valence electrons. The van der Waals surface area contributed by atoms with Gasteiger partial charge in [0.25, 0.3) is 0 Å². The van der Waals surface area contributed by atoms with E-state index in [1.807, 2.05) is 6.92 Å². The zero-order chi connectivity index (χ0) is 16.2. The summed E-state index contributed by atoms with van der Waals surface area (Å²) in [6.07, 6.45) is 5.99. The van der Waals surface area contributed by atoms with Crippen molar-refractivity contribution in [3.05, 3.63) is 35.4 Å². The summed E-state index contributed by atoms with van der Waals surface area (Å²) >= 11 is 0. The Labute approximate surface area is 134 Å². The monoisotopic (exact) mass is 302 g/mol. The van der Waals surface area contributed by atoms with Gasteiger partial charge in [0.05, 0.1) is 6.04 Å². The number of rotatable bonds is 3. The Bertz CT molecular complexity index is 481. The van der Waals surface area contributed by atoms with Gasteiger partial charge in [-0.25, -0.2) is 4.79 Å². The fourth-order valence-corrected chi connectivity index (χ4v) is 3.03. The molecule has 0 bridgehead atoms. The summed E-state index contributed by atoms with van der Waals surface area (Å²) in [4.78, 5) is 12.1. The minimum Gasteiger partial charge on any atom is -0.335 e. The van der Waals surface area contributed by atoms with Crippen LogP contribution in [0.2, 0.25) is 0 Å². The fraction of sp³-hybridized carbons (Fsp3) is 0.632. The standard InChI is InChI=1S/C19H30N2O/c1-14(15-10-12-16(13-11-15)19(2,3)4)20-18(22)21-17-8-6-5-7-9-17/h10-14,17H,5-9H2,1-4H3,(H2,20,21,22). The average molecular weight is 302 g/mol. The molecule has 2 rings (SSSR count). The fourth-order valence-electron chi connectivity index (χ4n) is 3.03. The molecule has 0 aromatic heterocycles. The molecule has 0 saturated heterocycles. The van der Waals surface area contributed by atoms with Crippen molar-refractivity contribution in [2.75, 3.05) is 0 Å². The maximum Gasteiger partial charge on any atom is 0.315 e. The van der Waals surface area contributed by atoms with Gasteiger partial charge in [0.2, 0.25) is 0 Å². The third kappa shape index (κ3) is 4.75. The Morgan fingerprint density at radius 2 is 1.68 bits per heavy atom. The SMILES string of the molecule is CC(NC(=O)NC1CCCCC1)c1ccc(C(C)(C)C)cc1. The van der Waals surface area contributed by atoms with E-state index in [-0.39, 0.29) is 17.5 Å². The molecule has 1 aliphatic rings. The highest BCUT2D eigenvalue weighted by molar-refractivity contribution is 5.74. The summed E-state index contributed by atoms with van der Waals surface area (Å²) < 4.78 is 0. The topological polar surface area (TPSA) is 41.1 Å². The van der Waals surface area contributed by atoms with Gasteiger partial charge in [-0.15, -0.1) is 0 Å². The summed E-state index contributed by atoms with van der Waals surface area (Å²) in [5.41, 5.74) is 2.62. The van der Waals surface area contributed by atoms with E-state index >= 15 is 0 Å². The van der Waals surface area contributed by atoms with Gasteiger partial charge in [-0.1, -0.05) is 64.3 Å². The van der Waals surface area contributed by atoms with Gasteiger partial charge in [0.15, 0.2) is 0 Å². The lowest BCUT2D eigenvalue weighted by Gasteiger charge is -2.24. The second kappa shape index (κ2) is 7.17. The van der Waals surface area contributed by atoms with E-state index in [4.69, 9.17) is 0 Å². The van der Waals surface area contributed by atoms with Crippen LogP contribution in [-0.4, -0.2) is 12.1 Å². The summed E-state index contributed by atoms with van der Waals surface area (Å²) in [5.74, 6) is 0. The Morgan fingerprint density at radius 3 is 2.23 bits per heavy atom. The second-order valence-corrected chi connectivity index (χ2v) is 7.55. The molecule has 1 fully saturated rings. The Kier molecular flexibility index (Phi) is 5.49. The molecule has 1 atom stereocenters. The molecular weight excluding hydrogens is 272 g/mol. The summed E-state index contributed by atoms with van der Waals surface area (Å²) in [5, 5.41) is 6.16. The van der Waals surface area contributed by atoms with Crippen LogP contribution in [0.3, 0.4) is 0 Å². The lowest BCUT2D eigenvalue weighted by molar-refractivity contribution is 0.229. The van der Waals surface area contributed by atoms with E-state index < -0.39 is 0 Å². The van der Waals surface area contributed by atoms with E-state index in [0.29, 0.717) is 6.04 Å². The highest BCUT2D eigenvalue weighted by Gasteiger charge is 2.18. The third-order valence-corrected chi connectivity index (χ3v) is 4.56. The van der Waals surface area contributed by atoms with Crippen molar-refractivity contribution in [2.24, 2.45) is 0 Å². The predicted molar refractivity (Wildman–Crippen MR) is 92.1 cm³/mol. The van der Waals surface area contributed by atoms with Crippen molar-refractivity contribution < 1.29 is 4.79 Å². The number of carbonyl (C=O) groups excluding carboxylic acids is 1. The first-order valence-corrected chi connectivity index (χ1v) is 8.54. The van der Waals surface area contributed by atoms with Gasteiger partial charge in [0, 0.05) is 6.04 Å². The maximum atomic E-state index is 12.1. The average Bonchev–Trinajstić information content (AvgIpc) is 2.47. The van der Waals surface area contributed by atoms with Crippen LogP contribution in [0.15, 0.2) is 24.3 Å². The number of nitrogens with one attached hydrogen (secondary N) is 2. The summed E-state index contributed by atoms with van der Waals surface area (Å²) in [7, 11) is 0. The molecule has 1 saturated carbocycles. The van der Waals surface area contributed by atoms with E-state index in [2.05, 4.69) is 55.7 Å². The van der Waals surface area contributed by atoms with E-state index in [1.165, 1.54) is 24.8 Å². The molecule has 0 heterocycles. The number of carbonyl (C=O) groups is 1. The number of urea groups is 1. The number of benzene rings is 1. The molecule has 2 N–H and O–H groups in total. The maximum absolute atomic E-state index is 12.1. The van der Waals surface area contributed by atoms with Crippen LogP contribution in [0, 0.1) is 0 Å². The van der Waals surface area contributed by atoms with Crippen LogP contribution in [0.1, 0.15) is 77.0 Å². The highest BCUT2D eigenvalue weighted by atomic mass is 16.2. The molecule has 0 spiro atoms. The van der Waals surface area contributed by atoms with Crippen LogP contribution in [-0.2, 0) is 5.41 Å². The molecule has 0 aliphatic heterocycles. The molecule has 1 unspecified atom stereocenters. The second-order valence-electron chi connectivity index (χ2n) is 7.55. The van der Waals surface area contributed by atoms with Gasteiger partial charge in [-0.3, -0.25) is 0 Å². The molecule has 1 aromatic rings. The van der Waals surface area contributed by atoms with Crippen molar-refractivity contribution in [1.82, 2.24) is 10.6 Å². The first-order valence-electron chi connectivity index (χ1n) is 8.54. The van der Waals surface area contributed by atoms with E-state index in [1.54, 1.807) is 0 Å². The van der Waals surface area contributed by atoms with Crippen molar-refractivity contribution in [1.29, 1.82) is 0 Å². The first-order chi connectivity index (χ1) is 10.4. The molecule has 22 heavy (non-hydrogen) atoms. The van der Waals surface area contributed by atoms with Crippen molar-refractivity contribution >= 4 is 6.03 Å². The summed E-state index contributed by atoms with van der Waals surface area (Å²) in [6.45, 7) is 8.66. The van der Waals surface area contributed by atoms with Gasteiger partial charge in [-0.05, 0) is 36.3 Å². The molecule has 0 radical (unpaired) electrons. The van der Waals surface area contributed by atoms with Crippen LogP contribution < -0.4 is 10.6 Å². The van der Waals surface area contributed by atoms with Gasteiger partial charge in [-0.2, -0.15) is 0 Å². The van der Waals surface area contributed by atoms with Crippen LogP contribution in [0.4, 0.5) is 4.79 Å². The molecule has 3 nitrogen and oxygen atoms in total. The van der Waals surface area contributed by atoms with E-state index in [0.717, 1.165) is 18.4 Å². The first kappa shape index (κ1) is 16.9. The van der Waals surface area contributed by atoms with Crippen molar-refractivity contribution in [3.8, 4) is 0 Å². The van der Waals surface area contributed by atoms with Crippen LogP contribution >= 0.6 is 0 Å². The molecule has 1 aliphatic carbocycles. The Hall–Kier alpha value is -1.51. The van der Waals surface area contributed by atoms with Crippen LogP contribution in [0.5, 0.6) is 0 Å². The van der Waals surface area contributed by atoms with Crippen LogP contribution in [0.25, 0.3) is 0 Å². The minimum absolute atomic E-state index is 0.0256. The smallest absolute Gasteiger partial charge is 0.315 e. The Morgan fingerprint density at radius 1 is 1.09 bits per heavy atom. The van der Waals surface area contributed by atoms with Gasteiger partial charge >= 0.3 is 6.03 Å². The molecular formula is C19H30N2O. The number of amides is 2. The van der Waals surface area contributed by atoms with Gasteiger partial charge < -0.3 is 10.6 Å². The van der Waals surface area contributed by atoms with Crippen molar-refractivity contribution in [2.45, 2.75) is 77.3 Å². The normalized spacial score (nSPS) is 17.8. The predicted octanol–water partition coefficient (Wildman–Crippen LogP) is 4.68. The highest BCUT2D eigenvalue weighted by Crippen LogP contribution is 2.24. The Balaban J connectivity index is 1.88. The van der Waals surface area contributed by atoms with E-state index in [9.17, 15) is 4.79 Å². The summed E-state index contributed by atoms with van der Waals surface area (Å²) in [6, 6.07) is 8.89. The zero-order valence-corrected chi connectivity index (χ0v) is 14.4. The zero-order valence-electron chi connectivity index (χ0n) is 14.4. The van der Waals surface area contributed by atoms with Crippen molar-refractivity contribution in [3.63, 3.8) is 0 Å². The number of hydrogen-bond donors (Lipinski definition) is 2. The molecule has 2 amide bonds. The molecule has 3 heteroatoms. The lowest BCUT2D eigenvalue weighted by Crippen LogP contribution is -2.43. The molecule has 1 aromatic carbocycles. The quantitative estimate of drug-likeness (QED) is 0.836. The largest absolute Gasteiger partial charge is 0.335 e. The third-order valence-electron chi connectivity index (χ3n) is 4.56. The van der Waals surface area contributed by atoms with Gasteiger partial charge in [0.1, 0.15) is 0 Å². The lowest BCUT2D eigenvalue weighted by atomic mass is 9.86. The minimum atomic E-state index is -0.0423. The number of hydrogen-bond acceptors (Lipinski definition) is 1.